The van der Waals surface area contributed by atoms with E-state index in [1.54, 1.807) is 0 Å². The molecule has 0 aromatic carbocycles. The summed E-state index contributed by atoms with van der Waals surface area (Å²) in [5, 5.41) is 0. The van der Waals surface area contributed by atoms with Crippen LogP contribution < -0.4 is 5.73 Å². The summed E-state index contributed by atoms with van der Waals surface area (Å²) in [6.45, 7) is 3.07. The van der Waals surface area contributed by atoms with Crippen LogP contribution in [0, 0.1) is 0 Å². The van der Waals surface area contributed by atoms with Gasteiger partial charge < -0.3 is 10.3 Å². The number of imidazole rings is 1. The van der Waals surface area contributed by atoms with Gasteiger partial charge in [0.2, 0.25) is 0 Å². The van der Waals surface area contributed by atoms with Gasteiger partial charge in [-0.05, 0) is 38.3 Å². The van der Waals surface area contributed by atoms with E-state index >= 15 is 0 Å². The Bertz CT molecular complexity index is 531. The maximum Gasteiger partial charge on any atom is 0.159 e. The SMILES string of the molecule is CCn1c(C2CCC(N)C2)nc2cccnc21. The Hall–Kier alpha value is -1.42. The lowest BCUT2D eigenvalue weighted by Gasteiger charge is -2.11. The normalized spacial score (nSPS) is 24.6. The molecule has 0 amide bonds. The van der Waals surface area contributed by atoms with Crippen LogP contribution in [0.4, 0.5) is 0 Å². The molecule has 2 atom stereocenters. The van der Waals surface area contributed by atoms with Gasteiger partial charge in [-0.25, -0.2) is 9.97 Å². The average Bonchev–Trinajstić information content (AvgIpc) is 2.91. The number of hydrogen-bond acceptors (Lipinski definition) is 3. The first-order valence-corrected chi connectivity index (χ1v) is 6.36. The Kier molecular flexibility index (Phi) is 2.59. The summed E-state index contributed by atoms with van der Waals surface area (Å²) in [6, 6.07) is 4.32. The highest BCUT2D eigenvalue weighted by atomic mass is 15.1. The monoisotopic (exact) mass is 230 g/mol. The van der Waals surface area contributed by atoms with E-state index in [9.17, 15) is 0 Å². The van der Waals surface area contributed by atoms with Crippen molar-refractivity contribution in [1.29, 1.82) is 0 Å². The summed E-state index contributed by atoms with van der Waals surface area (Å²) in [5.41, 5.74) is 8.01. The molecule has 1 saturated carbocycles. The molecule has 2 aromatic rings. The standard InChI is InChI=1S/C13H18N4/c1-2-17-12(9-5-6-10(14)8-9)16-11-4-3-7-15-13(11)17/h3-4,7,9-10H,2,5-6,8,14H2,1H3. The highest BCUT2D eigenvalue weighted by Gasteiger charge is 2.27. The third kappa shape index (κ3) is 1.72. The summed E-state index contributed by atoms with van der Waals surface area (Å²) in [6.07, 6.45) is 5.17. The minimum Gasteiger partial charge on any atom is -0.328 e. The first-order valence-electron chi connectivity index (χ1n) is 6.36. The van der Waals surface area contributed by atoms with Crippen LogP contribution in [0.2, 0.25) is 0 Å². The number of aryl methyl sites for hydroxylation is 1. The number of nitrogens with zero attached hydrogens (tertiary/aromatic N) is 3. The topological polar surface area (TPSA) is 56.7 Å². The third-order valence-electron chi connectivity index (χ3n) is 3.69. The minimum absolute atomic E-state index is 0.345. The van der Waals surface area contributed by atoms with Crippen molar-refractivity contribution in [3.8, 4) is 0 Å². The zero-order valence-corrected chi connectivity index (χ0v) is 10.1. The fourth-order valence-corrected chi connectivity index (χ4v) is 2.85. The third-order valence-corrected chi connectivity index (χ3v) is 3.69. The Balaban J connectivity index is 2.09. The zero-order chi connectivity index (χ0) is 11.8. The van der Waals surface area contributed by atoms with Crippen molar-refractivity contribution >= 4 is 11.2 Å². The quantitative estimate of drug-likeness (QED) is 0.859. The number of fused-ring (bicyclic) bond motifs is 1. The van der Waals surface area contributed by atoms with Gasteiger partial charge in [0.15, 0.2) is 5.65 Å². The van der Waals surface area contributed by atoms with Crippen LogP contribution in [-0.2, 0) is 6.54 Å². The number of nitrogens with two attached hydrogens (primary N) is 1. The second-order valence-corrected chi connectivity index (χ2v) is 4.83. The van der Waals surface area contributed by atoms with E-state index in [1.807, 2.05) is 18.3 Å². The summed E-state index contributed by atoms with van der Waals surface area (Å²) >= 11 is 0. The number of rotatable bonds is 2. The lowest BCUT2D eigenvalue weighted by atomic mass is 10.1. The molecule has 0 spiro atoms. The molecule has 0 bridgehead atoms. The molecular weight excluding hydrogens is 212 g/mol. The van der Waals surface area contributed by atoms with Crippen molar-refractivity contribution in [2.24, 2.45) is 5.73 Å². The average molecular weight is 230 g/mol. The number of hydrogen-bond donors (Lipinski definition) is 1. The van der Waals surface area contributed by atoms with E-state index in [1.165, 1.54) is 5.82 Å². The van der Waals surface area contributed by atoms with Crippen LogP contribution in [0.5, 0.6) is 0 Å². The van der Waals surface area contributed by atoms with Crippen LogP contribution in [0.25, 0.3) is 11.2 Å². The molecule has 3 rings (SSSR count). The second kappa shape index (κ2) is 4.11. The highest BCUT2D eigenvalue weighted by Crippen LogP contribution is 2.34. The van der Waals surface area contributed by atoms with Crippen LogP contribution in [-0.4, -0.2) is 20.6 Å². The van der Waals surface area contributed by atoms with Gasteiger partial charge in [0.25, 0.3) is 0 Å². The molecule has 2 N–H and O–H groups in total. The predicted octanol–water partition coefficient (Wildman–Crippen LogP) is 2.05. The fourth-order valence-electron chi connectivity index (χ4n) is 2.85. The van der Waals surface area contributed by atoms with Crippen molar-refractivity contribution in [2.75, 3.05) is 0 Å². The van der Waals surface area contributed by atoms with Crippen LogP contribution in [0.1, 0.15) is 37.9 Å². The van der Waals surface area contributed by atoms with Gasteiger partial charge in [0, 0.05) is 24.7 Å². The van der Waals surface area contributed by atoms with E-state index in [-0.39, 0.29) is 0 Å². The first-order chi connectivity index (χ1) is 8.29. The van der Waals surface area contributed by atoms with E-state index in [4.69, 9.17) is 10.7 Å². The van der Waals surface area contributed by atoms with Gasteiger partial charge in [-0.3, -0.25) is 0 Å². The predicted molar refractivity (Wildman–Crippen MR) is 67.8 cm³/mol. The maximum atomic E-state index is 6.00. The molecule has 90 valence electrons. The van der Waals surface area contributed by atoms with Gasteiger partial charge in [-0.1, -0.05) is 0 Å². The Morgan fingerprint density at radius 2 is 2.35 bits per heavy atom. The Labute approximate surface area is 101 Å². The molecule has 2 unspecified atom stereocenters. The van der Waals surface area contributed by atoms with Crippen molar-refractivity contribution in [1.82, 2.24) is 14.5 Å². The number of pyridine rings is 1. The fraction of sp³-hybridized carbons (Fsp3) is 0.538. The molecule has 1 aliphatic carbocycles. The Morgan fingerprint density at radius 1 is 1.47 bits per heavy atom. The van der Waals surface area contributed by atoms with Gasteiger partial charge >= 0.3 is 0 Å². The van der Waals surface area contributed by atoms with Crippen molar-refractivity contribution in [2.45, 2.75) is 44.7 Å². The van der Waals surface area contributed by atoms with Gasteiger partial charge in [0.1, 0.15) is 11.3 Å². The maximum absolute atomic E-state index is 6.00. The van der Waals surface area contributed by atoms with E-state index in [2.05, 4.69) is 16.5 Å². The second-order valence-electron chi connectivity index (χ2n) is 4.83. The summed E-state index contributed by atoms with van der Waals surface area (Å²) < 4.78 is 2.23. The van der Waals surface area contributed by atoms with E-state index < -0.39 is 0 Å². The summed E-state index contributed by atoms with van der Waals surface area (Å²) in [5.74, 6) is 1.69. The molecule has 17 heavy (non-hydrogen) atoms. The van der Waals surface area contributed by atoms with Gasteiger partial charge in [0.05, 0.1) is 0 Å². The first kappa shape index (κ1) is 10.7. The molecule has 0 aliphatic heterocycles. The molecule has 4 nitrogen and oxygen atoms in total. The molecule has 0 radical (unpaired) electrons. The van der Waals surface area contributed by atoms with Crippen molar-refractivity contribution < 1.29 is 0 Å². The van der Waals surface area contributed by atoms with Gasteiger partial charge in [-0.2, -0.15) is 0 Å². The summed E-state index contributed by atoms with van der Waals surface area (Å²) in [4.78, 5) is 9.18. The number of aromatic nitrogens is 3. The molecule has 4 heteroatoms. The molecule has 0 saturated heterocycles. The van der Waals surface area contributed by atoms with Crippen LogP contribution in [0.3, 0.4) is 0 Å². The molecular formula is C13H18N4. The minimum atomic E-state index is 0.345. The highest BCUT2D eigenvalue weighted by molar-refractivity contribution is 5.71. The smallest absolute Gasteiger partial charge is 0.159 e. The largest absolute Gasteiger partial charge is 0.328 e. The molecule has 1 aliphatic rings. The van der Waals surface area contributed by atoms with Crippen LogP contribution in [0.15, 0.2) is 18.3 Å². The zero-order valence-electron chi connectivity index (χ0n) is 10.1. The van der Waals surface area contributed by atoms with E-state index in [0.717, 1.165) is 37.0 Å². The van der Waals surface area contributed by atoms with E-state index in [0.29, 0.717) is 12.0 Å². The van der Waals surface area contributed by atoms with Crippen molar-refractivity contribution in [3.05, 3.63) is 24.2 Å². The lowest BCUT2D eigenvalue weighted by Crippen LogP contribution is -2.15. The van der Waals surface area contributed by atoms with Gasteiger partial charge in [-0.15, -0.1) is 0 Å². The molecule has 2 heterocycles. The Morgan fingerprint density at radius 3 is 3.06 bits per heavy atom. The lowest BCUT2D eigenvalue weighted by molar-refractivity contribution is 0.596. The molecule has 2 aromatic heterocycles. The van der Waals surface area contributed by atoms with Crippen LogP contribution >= 0.6 is 0 Å². The molecule has 1 fully saturated rings. The summed E-state index contributed by atoms with van der Waals surface area (Å²) in [7, 11) is 0. The van der Waals surface area contributed by atoms with Crippen molar-refractivity contribution in [3.63, 3.8) is 0 Å².